The number of rotatable bonds is 5. The van der Waals surface area contributed by atoms with Gasteiger partial charge in [-0.25, -0.2) is 10.4 Å². The lowest BCUT2D eigenvalue weighted by atomic mass is 10.0. The molecule has 1 amide bonds. The van der Waals surface area contributed by atoms with Crippen LogP contribution >= 0.6 is 0 Å². The first kappa shape index (κ1) is 28.6. The van der Waals surface area contributed by atoms with Crippen molar-refractivity contribution in [2.75, 3.05) is 23.9 Å². The molecule has 1 atom stereocenters. The zero-order chi connectivity index (χ0) is 28.1. The fourth-order valence-corrected chi connectivity index (χ4v) is 3.63. The van der Waals surface area contributed by atoms with Crippen LogP contribution in [-0.4, -0.2) is 48.0 Å². The molecule has 7 nitrogen and oxygen atoms in total. The molecule has 13 heteroatoms. The van der Waals surface area contributed by atoms with Gasteiger partial charge in [-0.15, -0.1) is 13.2 Å². The van der Waals surface area contributed by atoms with Crippen LogP contribution in [0.5, 0.6) is 5.75 Å². The molecule has 1 aromatic carbocycles. The summed E-state index contributed by atoms with van der Waals surface area (Å²) in [5, 5.41) is 3.26. The van der Waals surface area contributed by atoms with Gasteiger partial charge in [0.2, 0.25) is 0 Å². The molecule has 0 aliphatic carbocycles. The first-order valence-electron chi connectivity index (χ1n) is 11.4. The van der Waals surface area contributed by atoms with Gasteiger partial charge in [0, 0.05) is 19.2 Å². The Kier molecular flexibility index (Phi) is 8.71. The highest BCUT2D eigenvalue weighted by atomic mass is 19.4. The molecule has 2 aliphatic heterocycles. The maximum absolute atomic E-state index is 13.7. The second-order valence-corrected chi connectivity index (χ2v) is 7.92. The second kappa shape index (κ2) is 11.6. The Morgan fingerprint density at radius 1 is 1.13 bits per heavy atom. The number of anilines is 2. The van der Waals surface area contributed by atoms with Gasteiger partial charge in [-0.2, -0.15) is 13.2 Å². The number of hydrogen-bond donors (Lipinski definition) is 2. The lowest BCUT2D eigenvalue weighted by molar-refractivity contribution is -0.274. The number of nitrogens with one attached hydrogen (secondary N) is 2. The van der Waals surface area contributed by atoms with Crippen LogP contribution in [0.2, 0.25) is 0 Å². The van der Waals surface area contributed by atoms with E-state index in [1.54, 1.807) is 25.4 Å². The van der Waals surface area contributed by atoms with Gasteiger partial charge in [0.1, 0.15) is 17.3 Å². The van der Waals surface area contributed by atoms with Crippen LogP contribution in [0.1, 0.15) is 24.2 Å². The molecule has 2 N–H and O–H groups in total. The number of aromatic nitrogens is 1. The largest absolute Gasteiger partial charge is 0.573 e. The number of pyridine rings is 1. The van der Waals surface area contributed by atoms with Crippen LogP contribution in [0.3, 0.4) is 0 Å². The molecular weight excluding hydrogens is 516 g/mol. The zero-order valence-corrected chi connectivity index (χ0v) is 20.6. The van der Waals surface area contributed by atoms with Gasteiger partial charge in [-0.05, 0) is 54.3 Å². The molecule has 38 heavy (non-hydrogen) atoms. The van der Waals surface area contributed by atoms with Gasteiger partial charge < -0.3 is 15.0 Å². The van der Waals surface area contributed by atoms with E-state index in [2.05, 4.69) is 20.5 Å². The van der Waals surface area contributed by atoms with E-state index in [0.29, 0.717) is 6.54 Å². The normalized spacial score (nSPS) is 17.3. The van der Waals surface area contributed by atoms with Crippen molar-refractivity contribution in [3.05, 3.63) is 83.9 Å². The SMILES string of the molecule is CC.CN1C=CC=C(C2C=C(C(F)(F)F)N(c3ccc(NC(=O)c4cccc(OC(F)(F)F)c4)nc3)N2)C1. The van der Waals surface area contributed by atoms with Crippen LogP contribution in [0, 0.1) is 0 Å². The molecule has 4 rings (SSSR count). The maximum Gasteiger partial charge on any atom is 0.573 e. The average Bonchev–Trinajstić information content (AvgIpc) is 3.31. The van der Waals surface area contributed by atoms with Gasteiger partial charge in [-0.3, -0.25) is 9.80 Å². The number of likely N-dealkylation sites (N-methyl/N-ethyl adjacent to an activating group) is 1. The van der Waals surface area contributed by atoms with E-state index in [1.807, 2.05) is 18.7 Å². The topological polar surface area (TPSA) is 69.7 Å². The van der Waals surface area contributed by atoms with Crippen LogP contribution in [-0.2, 0) is 0 Å². The van der Waals surface area contributed by atoms with Crippen molar-refractivity contribution in [2.24, 2.45) is 0 Å². The summed E-state index contributed by atoms with van der Waals surface area (Å²) >= 11 is 0. The third kappa shape index (κ3) is 7.28. The van der Waals surface area contributed by atoms with E-state index in [9.17, 15) is 31.1 Å². The number of carbonyl (C=O) groups excluding carboxylic acids is 1. The highest BCUT2D eigenvalue weighted by Crippen LogP contribution is 2.36. The number of allylic oxidation sites excluding steroid dienone is 3. The molecule has 0 saturated carbocycles. The third-order valence-corrected chi connectivity index (χ3v) is 5.18. The number of halogens is 6. The molecule has 0 spiro atoms. The second-order valence-electron chi connectivity index (χ2n) is 7.92. The van der Waals surface area contributed by atoms with E-state index >= 15 is 0 Å². The van der Waals surface area contributed by atoms with E-state index in [1.165, 1.54) is 24.3 Å². The molecule has 3 heterocycles. The van der Waals surface area contributed by atoms with E-state index in [0.717, 1.165) is 35.0 Å². The van der Waals surface area contributed by atoms with Crippen LogP contribution in [0.15, 0.2) is 78.3 Å². The minimum Gasteiger partial charge on any atom is -0.406 e. The fourth-order valence-electron chi connectivity index (χ4n) is 3.63. The number of hydrazine groups is 1. The van der Waals surface area contributed by atoms with Gasteiger partial charge in [-0.1, -0.05) is 26.0 Å². The summed E-state index contributed by atoms with van der Waals surface area (Å²) in [6.45, 7) is 4.45. The number of hydrogen-bond acceptors (Lipinski definition) is 6. The van der Waals surface area contributed by atoms with Gasteiger partial charge in [0.25, 0.3) is 5.91 Å². The smallest absolute Gasteiger partial charge is 0.406 e. The number of alkyl halides is 6. The molecule has 1 aromatic heterocycles. The summed E-state index contributed by atoms with van der Waals surface area (Å²) in [5.74, 6) is -1.37. The quantitative estimate of drug-likeness (QED) is 0.468. The van der Waals surface area contributed by atoms with Crippen molar-refractivity contribution in [1.29, 1.82) is 0 Å². The summed E-state index contributed by atoms with van der Waals surface area (Å²) < 4.78 is 82.2. The lowest BCUT2D eigenvalue weighted by Crippen LogP contribution is -2.42. The highest BCUT2D eigenvalue weighted by Gasteiger charge is 2.43. The Bertz CT molecular complexity index is 1220. The van der Waals surface area contributed by atoms with Crippen molar-refractivity contribution in [1.82, 2.24) is 15.3 Å². The number of carbonyl (C=O) groups is 1. The minimum absolute atomic E-state index is 0.0130. The summed E-state index contributed by atoms with van der Waals surface area (Å²) in [6.07, 6.45) is -2.04. The minimum atomic E-state index is -4.92. The molecule has 2 aliphatic rings. The number of ether oxygens (including phenoxy) is 1. The highest BCUT2D eigenvalue weighted by molar-refractivity contribution is 6.04. The molecule has 2 aromatic rings. The maximum atomic E-state index is 13.7. The fraction of sp³-hybridized carbons (Fsp3) is 0.280. The standard InChI is InChI=1S/C23H19F6N5O2.C2H6/c1-33-9-3-5-15(13-33)18-11-19(22(24,25)26)34(32-18)16-7-8-20(30-12-16)31-21(35)14-4-2-6-17(10-14)36-23(27,28)29;1-2/h2-12,18,32H,13H2,1H3,(H,30,31,35);1-2H3. The molecule has 0 bridgehead atoms. The van der Waals surface area contributed by atoms with Crippen LogP contribution in [0.25, 0.3) is 0 Å². The number of benzene rings is 1. The first-order chi connectivity index (χ1) is 17.9. The zero-order valence-electron chi connectivity index (χ0n) is 20.6. The molecular formula is C25H25F6N5O2. The van der Waals surface area contributed by atoms with Crippen molar-refractivity contribution >= 4 is 17.4 Å². The average molecular weight is 541 g/mol. The van der Waals surface area contributed by atoms with E-state index in [4.69, 9.17) is 0 Å². The van der Waals surface area contributed by atoms with Crippen LogP contribution < -0.4 is 20.5 Å². The van der Waals surface area contributed by atoms with E-state index in [-0.39, 0.29) is 17.1 Å². The third-order valence-electron chi connectivity index (χ3n) is 5.18. The van der Waals surface area contributed by atoms with Crippen molar-refractivity contribution in [3.8, 4) is 5.75 Å². The van der Waals surface area contributed by atoms with Crippen LogP contribution in [0.4, 0.5) is 37.8 Å². The molecule has 1 unspecified atom stereocenters. The van der Waals surface area contributed by atoms with Gasteiger partial charge >= 0.3 is 12.5 Å². The van der Waals surface area contributed by atoms with Gasteiger partial charge in [0.05, 0.1) is 17.9 Å². The Labute approximate surface area is 215 Å². The Morgan fingerprint density at radius 2 is 1.87 bits per heavy atom. The Balaban J connectivity index is 0.00000195. The first-order valence-corrected chi connectivity index (χ1v) is 11.4. The monoisotopic (exact) mass is 541 g/mol. The molecule has 0 fully saturated rings. The Hall–Kier alpha value is -4.00. The predicted octanol–water partition coefficient (Wildman–Crippen LogP) is 5.78. The molecule has 204 valence electrons. The summed E-state index contributed by atoms with van der Waals surface area (Å²) in [6, 6.07) is 6.33. The van der Waals surface area contributed by atoms with E-state index < -0.39 is 35.9 Å². The van der Waals surface area contributed by atoms with Gasteiger partial charge in [0.15, 0.2) is 0 Å². The lowest BCUT2D eigenvalue weighted by Gasteiger charge is -2.27. The Morgan fingerprint density at radius 3 is 2.47 bits per heavy atom. The number of amides is 1. The molecule has 0 saturated heterocycles. The van der Waals surface area contributed by atoms with Crippen molar-refractivity contribution < 1.29 is 35.9 Å². The summed E-state index contributed by atoms with van der Waals surface area (Å²) in [4.78, 5) is 18.2. The summed E-state index contributed by atoms with van der Waals surface area (Å²) in [7, 11) is 1.81. The summed E-state index contributed by atoms with van der Waals surface area (Å²) in [5.41, 5.74) is 2.59. The van der Waals surface area contributed by atoms with Crippen molar-refractivity contribution in [2.45, 2.75) is 32.4 Å². The number of nitrogens with zero attached hydrogens (tertiary/aromatic N) is 3. The predicted molar refractivity (Wildman–Crippen MR) is 130 cm³/mol. The molecule has 0 radical (unpaired) electrons. The van der Waals surface area contributed by atoms with Crippen molar-refractivity contribution in [3.63, 3.8) is 0 Å².